The zero-order valence-electron chi connectivity index (χ0n) is 10.7. The number of ether oxygens (including phenoxy) is 1. The van der Waals surface area contributed by atoms with Crippen LogP contribution in [-0.4, -0.2) is 52.0 Å². The van der Waals surface area contributed by atoms with E-state index in [0.717, 1.165) is 4.90 Å². The van der Waals surface area contributed by atoms with Crippen molar-refractivity contribution in [2.75, 3.05) is 18.8 Å². The molecule has 2 heterocycles. The van der Waals surface area contributed by atoms with Crippen molar-refractivity contribution < 1.29 is 19.1 Å². The summed E-state index contributed by atoms with van der Waals surface area (Å²) >= 11 is 0. The number of nitrogens with zero attached hydrogens (tertiary/aromatic N) is 3. The van der Waals surface area contributed by atoms with Crippen molar-refractivity contribution in [2.45, 2.75) is 13.0 Å². The average Bonchev–Trinajstić information content (AvgIpc) is 2.84. The van der Waals surface area contributed by atoms with Crippen LogP contribution in [0.15, 0.2) is 12.4 Å². The molecule has 1 aromatic heterocycles. The number of urea groups is 1. The number of nitrogen functional groups attached to an aromatic ring is 1. The Labute approximate surface area is 114 Å². The predicted octanol–water partition coefficient (Wildman–Crippen LogP) is -0.844. The number of hydrogen-bond donors (Lipinski definition) is 2. The van der Waals surface area contributed by atoms with Gasteiger partial charge in [-0.15, -0.1) is 0 Å². The second kappa shape index (κ2) is 5.51. The molecular formula is C11H13N5O4. The van der Waals surface area contributed by atoms with Crippen LogP contribution in [0, 0.1) is 0 Å². The summed E-state index contributed by atoms with van der Waals surface area (Å²) in [5.74, 6) is -1.55. The van der Waals surface area contributed by atoms with Crippen LogP contribution in [0.2, 0.25) is 0 Å². The molecule has 0 aromatic carbocycles. The molecule has 3 N–H and O–H groups in total. The van der Waals surface area contributed by atoms with Gasteiger partial charge in [-0.3, -0.25) is 9.69 Å². The first-order valence-electron chi connectivity index (χ1n) is 5.87. The van der Waals surface area contributed by atoms with Crippen LogP contribution in [0.4, 0.5) is 10.6 Å². The molecule has 20 heavy (non-hydrogen) atoms. The van der Waals surface area contributed by atoms with Crippen molar-refractivity contribution in [1.82, 2.24) is 20.2 Å². The van der Waals surface area contributed by atoms with Gasteiger partial charge in [0.15, 0.2) is 17.6 Å². The third-order valence-corrected chi connectivity index (χ3v) is 2.67. The zero-order chi connectivity index (χ0) is 14.7. The normalized spacial score (nSPS) is 15.7. The van der Waals surface area contributed by atoms with Crippen molar-refractivity contribution >= 4 is 23.7 Å². The smallest absolute Gasteiger partial charge is 0.361 e. The number of imide groups is 1. The molecule has 1 aliphatic rings. The Kier molecular flexibility index (Phi) is 3.78. The van der Waals surface area contributed by atoms with Gasteiger partial charge in [-0.25, -0.2) is 19.6 Å². The van der Waals surface area contributed by atoms with Gasteiger partial charge in [0.05, 0.1) is 0 Å². The van der Waals surface area contributed by atoms with E-state index in [2.05, 4.69) is 15.3 Å². The Morgan fingerprint density at radius 2 is 2.15 bits per heavy atom. The molecule has 9 nitrogen and oxygen atoms in total. The van der Waals surface area contributed by atoms with Crippen LogP contribution in [0.3, 0.4) is 0 Å². The van der Waals surface area contributed by atoms with E-state index in [1.54, 1.807) is 0 Å². The fourth-order valence-corrected chi connectivity index (χ4v) is 1.67. The number of nitrogens with one attached hydrogen (secondary N) is 1. The largest absolute Gasteiger partial charge is 0.448 e. The second-order valence-electron chi connectivity index (χ2n) is 4.06. The second-order valence-corrected chi connectivity index (χ2v) is 4.06. The molecule has 3 amide bonds. The van der Waals surface area contributed by atoms with Gasteiger partial charge in [-0.2, -0.15) is 0 Å². The minimum absolute atomic E-state index is 0.0870. The van der Waals surface area contributed by atoms with E-state index >= 15 is 0 Å². The lowest BCUT2D eigenvalue weighted by Crippen LogP contribution is -2.41. The lowest BCUT2D eigenvalue weighted by atomic mass is 10.3. The van der Waals surface area contributed by atoms with E-state index in [0.29, 0.717) is 6.54 Å². The number of rotatable bonds is 3. The highest BCUT2D eigenvalue weighted by Gasteiger charge is 2.32. The SMILES string of the molecule is CC(OC(=O)c1nccnc1N)C(=O)N1CCNC1=O. The maximum Gasteiger partial charge on any atom is 0.361 e. The van der Waals surface area contributed by atoms with Gasteiger partial charge in [-0.1, -0.05) is 0 Å². The van der Waals surface area contributed by atoms with Gasteiger partial charge in [0, 0.05) is 25.5 Å². The van der Waals surface area contributed by atoms with E-state index in [4.69, 9.17) is 10.5 Å². The molecule has 0 spiro atoms. The van der Waals surface area contributed by atoms with Crippen LogP contribution in [0.25, 0.3) is 0 Å². The minimum atomic E-state index is -1.12. The topological polar surface area (TPSA) is 128 Å². The summed E-state index contributed by atoms with van der Waals surface area (Å²) in [7, 11) is 0. The standard InChI is InChI=1S/C11H13N5O4/c1-6(9(17)16-5-4-15-11(16)19)20-10(18)7-8(12)14-3-2-13-7/h2-3,6H,4-5H2,1H3,(H2,12,14)(H,15,19). The molecule has 1 aromatic rings. The molecule has 106 valence electrons. The molecule has 0 bridgehead atoms. The van der Waals surface area contributed by atoms with Crippen molar-refractivity contribution in [3.05, 3.63) is 18.1 Å². The van der Waals surface area contributed by atoms with E-state index in [-0.39, 0.29) is 18.1 Å². The maximum absolute atomic E-state index is 11.9. The Hall–Kier alpha value is -2.71. The third-order valence-electron chi connectivity index (χ3n) is 2.67. The summed E-state index contributed by atoms with van der Waals surface area (Å²) in [6.07, 6.45) is 1.50. The van der Waals surface area contributed by atoms with E-state index in [1.165, 1.54) is 19.3 Å². The number of amides is 3. The van der Waals surface area contributed by atoms with E-state index < -0.39 is 24.0 Å². The summed E-state index contributed by atoms with van der Waals surface area (Å²) in [6.45, 7) is 1.99. The van der Waals surface area contributed by atoms with Gasteiger partial charge in [-0.05, 0) is 6.92 Å². The molecular weight excluding hydrogens is 266 g/mol. The first-order valence-corrected chi connectivity index (χ1v) is 5.87. The number of anilines is 1. The fourth-order valence-electron chi connectivity index (χ4n) is 1.67. The Balaban J connectivity index is 2.02. The van der Waals surface area contributed by atoms with Crippen LogP contribution in [-0.2, 0) is 9.53 Å². The highest BCUT2D eigenvalue weighted by molar-refractivity contribution is 5.99. The quantitative estimate of drug-likeness (QED) is 0.690. The lowest BCUT2D eigenvalue weighted by Gasteiger charge is -2.18. The summed E-state index contributed by atoms with van der Waals surface area (Å²) in [6, 6.07) is -0.503. The molecule has 1 fully saturated rings. The number of hydrogen-bond acceptors (Lipinski definition) is 7. The monoisotopic (exact) mass is 279 g/mol. The van der Waals surface area contributed by atoms with Crippen molar-refractivity contribution in [1.29, 1.82) is 0 Å². The highest BCUT2D eigenvalue weighted by atomic mass is 16.5. The Morgan fingerprint density at radius 3 is 2.75 bits per heavy atom. The number of nitrogens with two attached hydrogens (primary N) is 1. The van der Waals surface area contributed by atoms with Gasteiger partial charge in [0.1, 0.15) is 0 Å². The molecule has 1 aliphatic heterocycles. The number of carbonyl (C=O) groups excluding carboxylic acids is 3. The third kappa shape index (κ3) is 2.66. The van der Waals surface area contributed by atoms with Crippen LogP contribution >= 0.6 is 0 Å². The fraction of sp³-hybridized carbons (Fsp3) is 0.364. The molecule has 1 saturated heterocycles. The molecule has 1 unspecified atom stereocenters. The molecule has 0 radical (unpaired) electrons. The van der Waals surface area contributed by atoms with E-state index in [9.17, 15) is 14.4 Å². The van der Waals surface area contributed by atoms with Crippen LogP contribution < -0.4 is 11.1 Å². The average molecular weight is 279 g/mol. The van der Waals surface area contributed by atoms with Crippen LogP contribution in [0.1, 0.15) is 17.4 Å². The van der Waals surface area contributed by atoms with Crippen molar-refractivity contribution in [2.24, 2.45) is 0 Å². The minimum Gasteiger partial charge on any atom is -0.448 e. The maximum atomic E-state index is 11.9. The highest BCUT2D eigenvalue weighted by Crippen LogP contribution is 2.09. The molecule has 0 aliphatic carbocycles. The molecule has 9 heteroatoms. The van der Waals surface area contributed by atoms with E-state index in [1.807, 2.05) is 0 Å². The summed E-state index contributed by atoms with van der Waals surface area (Å²) in [5, 5.41) is 2.48. The summed E-state index contributed by atoms with van der Waals surface area (Å²) in [5.41, 5.74) is 5.32. The Bertz CT molecular complexity index is 561. The Morgan fingerprint density at radius 1 is 1.45 bits per heavy atom. The number of aromatic nitrogens is 2. The lowest BCUT2D eigenvalue weighted by molar-refractivity contribution is -0.136. The number of esters is 1. The molecule has 2 rings (SSSR count). The van der Waals surface area contributed by atoms with Gasteiger partial charge < -0.3 is 15.8 Å². The van der Waals surface area contributed by atoms with Crippen LogP contribution in [0.5, 0.6) is 0 Å². The number of carbonyl (C=O) groups is 3. The summed E-state index contributed by atoms with van der Waals surface area (Å²) in [4.78, 5) is 43.5. The molecule has 0 saturated carbocycles. The summed E-state index contributed by atoms with van der Waals surface area (Å²) < 4.78 is 4.95. The predicted molar refractivity (Wildman–Crippen MR) is 66.4 cm³/mol. The zero-order valence-corrected chi connectivity index (χ0v) is 10.7. The van der Waals surface area contributed by atoms with Crippen molar-refractivity contribution in [3.63, 3.8) is 0 Å². The first-order chi connectivity index (χ1) is 9.50. The molecule has 1 atom stereocenters. The first kappa shape index (κ1) is 13.7. The van der Waals surface area contributed by atoms with Crippen molar-refractivity contribution in [3.8, 4) is 0 Å². The van der Waals surface area contributed by atoms with Gasteiger partial charge >= 0.3 is 12.0 Å². The van der Waals surface area contributed by atoms with Gasteiger partial charge in [0.2, 0.25) is 0 Å². The van der Waals surface area contributed by atoms with Gasteiger partial charge in [0.25, 0.3) is 5.91 Å².